The molecule has 0 unspecified atom stereocenters. The molecule has 0 bridgehead atoms. The average Bonchev–Trinajstić information content (AvgIpc) is 3.51. The number of aromatic nitrogens is 7. The van der Waals surface area contributed by atoms with E-state index < -0.39 is 17.5 Å². The van der Waals surface area contributed by atoms with E-state index in [1.54, 1.807) is 17.9 Å². The number of carbonyl (C=O) groups is 1. The van der Waals surface area contributed by atoms with Crippen LogP contribution < -0.4 is 4.74 Å². The van der Waals surface area contributed by atoms with E-state index in [-0.39, 0.29) is 23.8 Å². The molecular formula is C27H30FN9O3. The second-order valence-electron chi connectivity index (χ2n) is 10.7. The van der Waals surface area contributed by atoms with Crippen LogP contribution in [0.5, 0.6) is 6.01 Å². The topological polar surface area (TPSA) is 136 Å². The molecule has 1 aliphatic heterocycles. The number of rotatable bonds is 5. The van der Waals surface area contributed by atoms with Crippen LogP contribution in [0.3, 0.4) is 0 Å². The van der Waals surface area contributed by atoms with Gasteiger partial charge >= 0.3 is 12.1 Å². The van der Waals surface area contributed by atoms with Gasteiger partial charge in [-0.1, -0.05) is 5.21 Å². The van der Waals surface area contributed by atoms with E-state index in [2.05, 4.69) is 31.3 Å². The zero-order chi connectivity index (χ0) is 28.6. The molecule has 1 fully saturated rings. The summed E-state index contributed by atoms with van der Waals surface area (Å²) in [6.07, 6.45) is 3.07. The third-order valence-corrected chi connectivity index (χ3v) is 6.66. The van der Waals surface area contributed by atoms with Gasteiger partial charge in [-0.05, 0) is 59.6 Å². The van der Waals surface area contributed by atoms with Crippen molar-refractivity contribution in [3.63, 3.8) is 0 Å². The van der Waals surface area contributed by atoms with Gasteiger partial charge in [0.1, 0.15) is 46.3 Å². The van der Waals surface area contributed by atoms with E-state index in [9.17, 15) is 14.4 Å². The van der Waals surface area contributed by atoms with Crippen LogP contribution in [0.25, 0.3) is 17.0 Å². The Hall–Kier alpha value is -4.60. The zero-order valence-electron chi connectivity index (χ0n) is 23.0. The lowest BCUT2D eigenvalue weighted by molar-refractivity contribution is 0.0183. The molecule has 0 N–H and O–H groups in total. The molecule has 0 aliphatic carbocycles. The molecule has 1 atom stereocenters. The number of nitrogens with zero attached hydrogens (tertiary/aromatic N) is 9. The number of pyridine rings is 1. The van der Waals surface area contributed by atoms with Crippen LogP contribution >= 0.6 is 0 Å². The van der Waals surface area contributed by atoms with Gasteiger partial charge < -0.3 is 14.4 Å². The minimum absolute atomic E-state index is 0.0561. The Morgan fingerprint density at radius 2 is 1.95 bits per heavy atom. The number of hydrogen-bond acceptors (Lipinski definition) is 9. The largest absolute Gasteiger partial charge is 0.455 e. The van der Waals surface area contributed by atoms with Gasteiger partial charge in [0.25, 0.3) is 0 Å². The van der Waals surface area contributed by atoms with Crippen LogP contribution in [0, 0.1) is 24.1 Å². The van der Waals surface area contributed by atoms with Crippen LogP contribution in [0.15, 0.2) is 30.6 Å². The van der Waals surface area contributed by atoms with Gasteiger partial charge in [-0.2, -0.15) is 10.2 Å². The van der Waals surface area contributed by atoms with Crippen LogP contribution in [-0.4, -0.2) is 64.0 Å². The molecule has 0 radical (unpaired) electrons. The quantitative estimate of drug-likeness (QED) is 0.356. The molecule has 1 saturated heterocycles. The van der Waals surface area contributed by atoms with Gasteiger partial charge in [0.15, 0.2) is 0 Å². The van der Waals surface area contributed by atoms with Crippen molar-refractivity contribution < 1.29 is 18.7 Å². The van der Waals surface area contributed by atoms with E-state index in [1.165, 1.54) is 22.7 Å². The van der Waals surface area contributed by atoms with Crippen molar-refractivity contribution in [2.24, 2.45) is 0 Å². The summed E-state index contributed by atoms with van der Waals surface area (Å²) in [4.78, 5) is 27.3. The Morgan fingerprint density at radius 1 is 1.20 bits per heavy atom. The average molecular weight is 548 g/mol. The molecule has 5 heterocycles. The zero-order valence-corrected chi connectivity index (χ0v) is 23.0. The van der Waals surface area contributed by atoms with Crippen LogP contribution in [-0.2, 0) is 4.74 Å². The summed E-state index contributed by atoms with van der Waals surface area (Å²) >= 11 is 0. The molecule has 1 aliphatic rings. The Bertz CT molecular complexity index is 1580. The predicted octanol–water partition coefficient (Wildman–Crippen LogP) is 4.41. The van der Waals surface area contributed by atoms with Crippen molar-refractivity contribution in [1.29, 1.82) is 5.26 Å². The normalized spacial score (nSPS) is 15.2. The van der Waals surface area contributed by atoms with Crippen LogP contribution in [0.1, 0.15) is 69.8 Å². The minimum Gasteiger partial charge on any atom is -0.455 e. The first-order valence-corrected chi connectivity index (χ1v) is 13.0. The monoisotopic (exact) mass is 547 g/mol. The van der Waals surface area contributed by atoms with Crippen LogP contribution in [0.2, 0.25) is 0 Å². The fraction of sp³-hybridized carbons (Fsp3) is 0.444. The molecule has 208 valence electrons. The van der Waals surface area contributed by atoms with Gasteiger partial charge in [0.05, 0.1) is 29.8 Å². The molecule has 5 rings (SSSR count). The third kappa shape index (κ3) is 5.42. The first-order valence-electron chi connectivity index (χ1n) is 13.0. The van der Waals surface area contributed by atoms with E-state index in [4.69, 9.17) is 9.47 Å². The highest BCUT2D eigenvalue weighted by Gasteiger charge is 2.30. The summed E-state index contributed by atoms with van der Waals surface area (Å²) in [6.45, 7) is 10.3. The van der Waals surface area contributed by atoms with Crippen molar-refractivity contribution in [2.45, 2.75) is 65.2 Å². The summed E-state index contributed by atoms with van der Waals surface area (Å²) in [5, 5.41) is 18.4. The second-order valence-corrected chi connectivity index (χ2v) is 10.7. The lowest BCUT2D eigenvalue weighted by Gasteiger charge is -2.33. The lowest BCUT2D eigenvalue weighted by Crippen LogP contribution is -2.42. The highest BCUT2D eigenvalue weighted by Crippen LogP contribution is 2.30. The second kappa shape index (κ2) is 10.5. The molecule has 4 aromatic heterocycles. The fourth-order valence-electron chi connectivity index (χ4n) is 4.65. The third-order valence-electron chi connectivity index (χ3n) is 6.66. The van der Waals surface area contributed by atoms with Crippen molar-refractivity contribution in [3.05, 3.63) is 53.5 Å². The molecule has 40 heavy (non-hydrogen) atoms. The highest BCUT2D eigenvalue weighted by molar-refractivity contribution is 5.68. The van der Waals surface area contributed by atoms with E-state index in [1.807, 2.05) is 32.4 Å². The number of ether oxygens (including phenoxy) is 2. The fourth-order valence-corrected chi connectivity index (χ4v) is 4.65. The van der Waals surface area contributed by atoms with E-state index in [0.29, 0.717) is 48.7 Å². The number of carbonyl (C=O) groups excluding carboxylic acids is 1. The first-order chi connectivity index (χ1) is 19.0. The van der Waals surface area contributed by atoms with Crippen molar-refractivity contribution in [3.8, 4) is 23.5 Å². The van der Waals surface area contributed by atoms with Crippen molar-refractivity contribution in [1.82, 2.24) is 39.2 Å². The molecule has 4 aromatic rings. The predicted molar refractivity (Wildman–Crippen MR) is 141 cm³/mol. The number of piperidine rings is 1. The molecular weight excluding hydrogens is 517 g/mol. The van der Waals surface area contributed by atoms with E-state index >= 15 is 0 Å². The molecule has 1 amide bonds. The maximum atomic E-state index is 13.4. The number of amides is 1. The lowest BCUT2D eigenvalue weighted by atomic mass is 10.1. The first kappa shape index (κ1) is 27.0. The minimum atomic E-state index is -0.590. The number of imidazole rings is 1. The molecule has 0 aromatic carbocycles. The van der Waals surface area contributed by atoms with Crippen LogP contribution in [0.4, 0.5) is 9.18 Å². The number of nitriles is 1. The number of likely N-dealkylation sites (tertiary alicyclic amines) is 1. The number of halogens is 1. The summed E-state index contributed by atoms with van der Waals surface area (Å²) in [5.41, 5.74) is 2.50. The summed E-state index contributed by atoms with van der Waals surface area (Å²) in [6, 6.07) is 6.84. The molecule has 0 saturated carbocycles. The van der Waals surface area contributed by atoms with Crippen molar-refractivity contribution >= 4 is 11.7 Å². The highest BCUT2D eigenvalue weighted by atomic mass is 19.1. The molecule has 0 spiro atoms. The number of fused-ring (bicyclic) bond motifs is 1. The van der Waals surface area contributed by atoms with Gasteiger partial charge in [0, 0.05) is 19.2 Å². The molecule has 12 nitrogen and oxygen atoms in total. The number of hydrogen-bond donors (Lipinski definition) is 0. The van der Waals surface area contributed by atoms with Crippen molar-refractivity contribution in [2.75, 3.05) is 13.1 Å². The smallest absolute Gasteiger partial charge is 0.410 e. The molecule has 13 heteroatoms. The standard InChI is InChI=1S/C27H30FN9O3/c1-16-24(33-34-37(16)19-8-10-35(11-9-19)26(38)40-27(3,4)5)22-12-23-31-15-20(13-29)36(23)25(32-22)39-17(2)21-7-6-18(28)14-30-21/h6-7,12,14-15,17,19H,8-11H2,1-5H3/t17-/m1/s1. The maximum absolute atomic E-state index is 13.4. The van der Waals surface area contributed by atoms with E-state index in [0.717, 1.165) is 11.9 Å². The Balaban J connectivity index is 1.41. The summed E-state index contributed by atoms with van der Waals surface area (Å²) in [7, 11) is 0. The van der Waals surface area contributed by atoms with Gasteiger partial charge in [-0.25, -0.2) is 23.3 Å². The van der Waals surface area contributed by atoms with Gasteiger partial charge in [-0.15, -0.1) is 5.10 Å². The Labute approximate surface area is 230 Å². The summed E-state index contributed by atoms with van der Waals surface area (Å²) < 4.78 is 28.4. The van der Waals surface area contributed by atoms with Gasteiger partial charge in [0.2, 0.25) is 0 Å². The SMILES string of the molecule is Cc1c(-c2cc3ncc(C#N)n3c(O[C@H](C)c3ccc(F)cn3)n2)nnn1C1CCN(C(=O)OC(C)(C)C)CC1. The summed E-state index contributed by atoms with van der Waals surface area (Å²) in [5.74, 6) is -0.450. The Kier molecular flexibility index (Phi) is 7.10. The Morgan fingerprint density at radius 3 is 2.60 bits per heavy atom. The van der Waals surface area contributed by atoms with Gasteiger partial charge in [-0.3, -0.25) is 4.98 Å². The maximum Gasteiger partial charge on any atom is 0.410 e.